The highest BCUT2D eigenvalue weighted by molar-refractivity contribution is 6.30. The highest BCUT2D eigenvalue weighted by atomic mass is 35.5. The van der Waals surface area contributed by atoms with E-state index in [9.17, 15) is 15.2 Å². The third-order valence-corrected chi connectivity index (χ3v) is 4.70. The van der Waals surface area contributed by atoms with Gasteiger partial charge >= 0.3 is 0 Å². The Balaban J connectivity index is 0.00000225. The van der Waals surface area contributed by atoms with Crippen LogP contribution in [-0.2, 0) is 12.8 Å². The van der Waals surface area contributed by atoms with Crippen LogP contribution >= 0.6 is 24.0 Å². The van der Waals surface area contributed by atoms with Crippen LogP contribution in [0.5, 0.6) is 0 Å². The van der Waals surface area contributed by atoms with Crippen LogP contribution in [0, 0.1) is 10.1 Å². The van der Waals surface area contributed by atoms with E-state index in [1.165, 1.54) is 5.56 Å². The topological polar surface area (TPSA) is 75.4 Å². The predicted octanol–water partition coefficient (Wildman–Crippen LogP) is 3.85. The number of aryl methyl sites for hydroxylation is 1. The van der Waals surface area contributed by atoms with Gasteiger partial charge in [-0.2, -0.15) is 0 Å². The smallest absolute Gasteiger partial charge is 0.269 e. The van der Waals surface area contributed by atoms with Gasteiger partial charge in [-0.1, -0.05) is 29.8 Å². The molecule has 7 heteroatoms. The van der Waals surface area contributed by atoms with Crippen LogP contribution in [-0.4, -0.2) is 22.6 Å². The number of hydrogen-bond acceptors (Lipinski definition) is 4. The maximum atomic E-state index is 10.9. The minimum absolute atomic E-state index is 0. The molecule has 0 bridgehead atoms. The summed E-state index contributed by atoms with van der Waals surface area (Å²) in [4.78, 5) is 10.6. The van der Waals surface area contributed by atoms with E-state index in [1.807, 2.05) is 18.2 Å². The molecular weight excluding hydrogens is 363 g/mol. The van der Waals surface area contributed by atoms with Crippen LogP contribution in [0.4, 0.5) is 5.69 Å². The summed E-state index contributed by atoms with van der Waals surface area (Å²) >= 11 is 5.95. The number of halogens is 2. The highest BCUT2D eigenvalue weighted by Gasteiger charge is 2.21. The molecule has 0 radical (unpaired) electrons. The number of nitrogens with zero attached hydrogens (tertiary/aromatic N) is 1. The second kappa shape index (κ2) is 8.63. The van der Waals surface area contributed by atoms with Gasteiger partial charge < -0.3 is 10.4 Å². The summed E-state index contributed by atoms with van der Waals surface area (Å²) in [5.41, 5.74) is 3.11. The summed E-state index contributed by atoms with van der Waals surface area (Å²) in [6.45, 7) is 0.426. The second-order valence-electron chi connectivity index (χ2n) is 6.13. The lowest BCUT2D eigenvalue weighted by molar-refractivity contribution is -0.384. The average molecular weight is 383 g/mol. The number of nitro groups is 1. The summed E-state index contributed by atoms with van der Waals surface area (Å²) < 4.78 is 0. The molecule has 1 unspecified atom stereocenters. The predicted molar refractivity (Wildman–Crippen MR) is 101 cm³/mol. The van der Waals surface area contributed by atoms with Crippen LogP contribution in [0.15, 0.2) is 42.5 Å². The number of nitro benzene ring substituents is 1. The number of aliphatic hydroxyl groups is 1. The van der Waals surface area contributed by atoms with E-state index < -0.39 is 6.10 Å². The van der Waals surface area contributed by atoms with E-state index in [2.05, 4.69) is 5.32 Å². The lowest BCUT2D eigenvalue weighted by Gasteiger charge is -2.26. The number of rotatable bonds is 5. The van der Waals surface area contributed by atoms with Gasteiger partial charge in [-0.25, -0.2) is 0 Å². The van der Waals surface area contributed by atoms with Crippen LogP contribution in [0.2, 0.25) is 5.02 Å². The molecule has 2 aromatic carbocycles. The van der Waals surface area contributed by atoms with Gasteiger partial charge in [0, 0.05) is 29.7 Å². The van der Waals surface area contributed by atoms with E-state index >= 15 is 0 Å². The lowest BCUT2D eigenvalue weighted by atomic mass is 9.88. The van der Waals surface area contributed by atoms with Crippen molar-refractivity contribution >= 4 is 29.7 Å². The first-order chi connectivity index (χ1) is 11.5. The summed E-state index contributed by atoms with van der Waals surface area (Å²) in [5, 5.41) is 25.2. The largest absolute Gasteiger partial charge is 0.387 e. The number of fused-ring (bicyclic) bond motifs is 1. The van der Waals surface area contributed by atoms with E-state index in [-0.39, 0.29) is 29.1 Å². The molecule has 0 saturated heterocycles. The standard InChI is InChI=1S/C18H19ClN2O3.ClH/c19-15-3-1-2-13(8-15)18(22)11-20-16-6-4-12-5-7-17(21(23)24)10-14(12)9-16;/h1-3,5,7-8,10,16,18,20,22H,4,6,9,11H2;1H/t16?,18-;/m0./s1. The maximum absolute atomic E-state index is 10.9. The molecule has 0 aliphatic heterocycles. The van der Waals surface area contributed by atoms with Gasteiger partial charge in [0.2, 0.25) is 0 Å². The molecule has 0 amide bonds. The minimum Gasteiger partial charge on any atom is -0.387 e. The monoisotopic (exact) mass is 382 g/mol. The second-order valence-corrected chi connectivity index (χ2v) is 6.57. The third kappa shape index (κ3) is 4.92. The van der Waals surface area contributed by atoms with Gasteiger partial charge in [0.05, 0.1) is 11.0 Å². The van der Waals surface area contributed by atoms with Crippen molar-refractivity contribution in [3.05, 3.63) is 74.3 Å². The molecule has 3 rings (SSSR count). The van der Waals surface area contributed by atoms with Crippen molar-refractivity contribution in [3.63, 3.8) is 0 Å². The molecule has 0 aromatic heterocycles. The van der Waals surface area contributed by atoms with Gasteiger partial charge in [0.25, 0.3) is 5.69 Å². The maximum Gasteiger partial charge on any atom is 0.269 e. The fourth-order valence-electron chi connectivity index (χ4n) is 3.14. The van der Waals surface area contributed by atoms with Gasteiger partial charge in [-0.05, 0) is 48.1 Å². The number of nitrogens with one attached hydrogen (secondary N) is 1. The van der Waals surface area contributed by atoms with Crippen molar-refractivity contribution in [1.29, 1.82) is 0 Å². The zero-order valence-corrected chi connectivity index (χ0v) is 15.1. The first kappa shape index (κ1) is 19.7. The molecule has 5 nitrogen and oxygen atoms in total. The molecular formula is C18H20Cl2N2O3. The number of benzene rings is 2. The first-order valence-electron chi connectivity index (χ1n) is 7.96. The van der Waals surface area contributed by atoms with E-state index in [0.29, 0.717) is 11.6 Å². The molecule has 1 aliphatic carbocycles. The molecule has 0 spiro atoms. The Bertz CT molecular complexity index is 755. The number of aliphatic hydroxyl groups excluding tert-OH is 1. The van der Waals surface area contributed by atoms with Crippen LogP contribution in [0.3, 0.4) is 0 Å². The average Bonchev–Trinajstić information content (AvgIpc) is 2.58. The third-order valence-electron chi connectivity index (χ3n) is 4.46. The Hall–Kier alpha value is -1.66. The van der Waals surface area contributed by atoms with E-state index in [1.54, 1.807) is 24.3 Å². The van der Waals surface area contributed by atoms with Crippen LogP contribution < -0.4 is 5.32 Å². The Morgan fingerprint density at radius 2 is 2.08 bits per heavy atom. The summed E-state index contributed by atoms with van der Waals surface area (Å²) in [7, 11) is 0. The fourth-order valence-corrected chi connectivity index (χ4v) is 3.34. The Morgan fingerprint density at radius 1 is 1.28 bits per heavy atom. The highest BCUT2D eigenvalue weighted by Crippen LogP contribution is 2.26. The van der Waals surface area contributed by atoms with Crippen molar-refractivity contribution in [2.24, 2.45) is 0 Å². The molecule has 2 aromatic rings. The number of non-ortho nitro benzene ring substituents is 1. The molecule has 0 saturated carbocycles. The Kier molecular flexibility index (Phi) is 6.79. The Labute approximate surface area is 157 Å². The molecule has 0 heterocycles. The SMILES string of the molecule is Cl.O=[N+]([O-])c1ccc2c(c1)CC(NC[C@H](O)c1cccc(Cl)c1)CC2. The molecule has 25 heavy (non-hydrogen) atoms. The van der Waals surface area contributed by atoms with Crippen LogP contribution in [0.1, 0.15) is 29.2 Å². The first-order valence-corrected chi connectivity index (χ1v) is 8.34. The van der Waals surface area contributed by atoms with Gasteiger partial charge in [-0.3, -0.25) is 10.1 Å². The van der Waals surface area contributed by atoms with Crippen molar-refractivity contribution in [1.82, 2.24) is 5.32 Å². The summed E-state index contributed by atoms with van der Waals surface area (Å²) in [6.07, 6.45) is 1.94. The minimum atomic E-state index is -0.629. The quantitative estimate of drug-likeness (QED) is 0.608. The Morgan fingerprint density at radius 3 is 2.80 bits per heavy atom. The van der Waals surface area contributed by atoms with Gasteiger partial charge in [0.15, 0.2) is 0 Å². The molecule has 0 fully saturated rings. The zero-order chi connectivity index (χ0) is 17.1. The molecule has 134 valence electrons. The van der Waals surface area contributed by atoms with Gasteiger partial charge in [-0.15, -0.1) is 12.4 Å². The van der Waals surface area contributed by atoms with Crippen molar-refractivity contribution in [2.45, 2.75) is 31.4 Å². The van der Waals surface area contributed by atoms with Crippen LogP contribution in [0.25, 0.3) is 0 Å². The van der Waals surface area contributed by atoms with Crippen molar-refractivity contribution in [3.8, 4) is 0 Å². The van der Waals surface area contributed by atoms with Crippen molar-refractivity contribution in [2.75, 3.05) is 6.54 Å². The normalized spacial score (nSPS) is 17.3. The molecule has 1 aliphatic rings. The zero-order valence-electron chi connectivity index (χ0n) is 13.5. The number of hydrogen-bond donors (Lipinski definition) is 2. The summed E-state index contributed by atoms with van der Waals surface area (Å²) in [5.74, 6) is 0. The van der Waals surface area contributed by atoms with Crippen molar-refractivity contribution < 1.29 is 10.0 Å². The van der Waals surface area contributed by atoms with E-state index in [0.717, 1.165) is 30.4 Å². The summed E-state index contributed by atoms with van der Waals surface area (Å²) in [6, 6.07) is 12.5. The lowest BCUT2D eigenvalue weighted by Crippen LogP contribution is -2.37. The van der Waals surface area contributed by atoms with Gasteiger partial charge in [0.1, 0.15) is 0 Å². The van der Waals surface area contributed by atoms with E-state index in [4.69, 9.17) is 11.6 Å². The molecule has 2 N–H and O–H groups in total. The molecule has 2 atom stereocenters. The fraction of sp³-hybridized carbons (Fsp3) is 0.333.